The Morgan fingerprint density at radius 1 is 0.475 bits per heavy atom. The molecular weight excluding hydrogens is 753 g/mol. The van der Waals surface area contributed by atoms with Gasteiger partial charge in [-0.1, -0.05) is 84.9 Å². The first-order chi connectivity index (χ1) is 28.0. The van der Waals surface area contributed by atoms with Gasteiger partial charge in [-0.15, -0.1) is 0 Å². The highest BCUT2D eigenvalue weighted by Crippen LogP contribution is 2.15. The predicted molar refractivity (Wildman–Crippen MR) is 227 cm³/mol. The highest BCUT2D eigenvalue weighted by atomic mass is 16.4. The van der Waals surface area contributed by atoms with Crippen LogP contribution < -0.4 is 11.1 Å². The fourth-order valence-corrected chi connectivity index (χ4v) is 7.25. The van der Waals surface area contributed by atoms with Crippen LogP contribution in [0, 0.1) is 0 Å². The van der Waals surface area contributed by atoms with Gasteiger partial charge in [0.1, 0.15) is 11.6 Å². The molecule has 6 aromatic rings. The maximum atomic E-state index is 12.3. The molecule has 8 rings (SSSR count). The molecule has 0 unspecified atom stereocenters. The first kappa shape index (κ1) is 44.0. The molecule has 15 heteroatoms. The number of aryl methyl sites for hydroxylation is 2. The highest BCUT2D eigenvalue weighted by Gasteiger charge is 2.21. The van der Waals surface area contributed by atoms with Crippen LogP contribution in [0.4, 0.5) is 0 Å². The first-order valence-electron chi connectivity index (χ1n) is 19.4. The molecule has 310 valence electrons. The van der Waals surface area contributed by atoms with E-state index in [-0.39, 0.29) is 16.6 Å². The van der Waals surface area contributed by atoms with E-state index >= 15 is 0 Å². The summed E-state index contributed by atoms with van der Waals surface area (Å²) < 4.78 is 4.10. The maximum absolute atomic E-state index is 12.3. The van der Waals surface area contributed by atoms with Gasteiger partial charge in [0, 0.05) is 79.5 Å². The summed E-state index contributed by atoms with van der Waals surface area (Å²) in [5.41, 5.74) is 4.36. The second-order valence-electron chi connectivity index (χ2n) is 14.5. The van der Waals surface area contributed by atoms with E-state index < -0.39 is 11.9 Å². The summed E-state index contributed by atoms with van der Waals surface area (Å²) >= 11 is 0. The third-order valence-corrected chi connectivity index (χ3v) is 10.6. The summed E-state index contributed by atoms with van der Waals surface area (Å²) in [4.78, 5) is 61.2. The Balaban J connectivity index is 0.000000194. The van der Waals surface area contributed by atoms with Crippen LogP contribution in [-0.2, 0) is 49.9 Å². The van der Waals surface area contributed by atoms with Gasteiger partial charge in [-0.25, -0.2) is 9.59 Å². The van der Waals surface area contributed by atoms with Crippen LogP contribution in [0.2, 0.25) is 0 Å². The molecule has 4 heterocycles. The van der Waals surface area contributed by atoms with Crippen molar-refractivity contribution in [3.63, 3.8) is 0 Å². The van der Waals surface area contributed by atoms with Gasteiger partial charge in [0.25, 0.3) is 11.1 Å². The average Bonchev–Trinajstić information content (AvgIpc) is 3.24. The largest absolute Gasteiger partial charge is 0.473 e. The van der Waals surface area contributed by atoms with Crippen molar-refractivity contribution in [1.82, 2.24) is 38.7 Å². The van der Waals surface area contributed by atoms with E-state index in [2.05, 4.69) is 90.2 Å². The lowest BCUT2D eigenvalue weighted by molar-refractivity contribution is -0.159. The van der Waals surface area contributed by atoms with E-state index in [4.69, 9.17) is 19.8 Å². The Morgan fingerprint density at radius 2 is 0.763 bits per heavy atom. The minimum Gasteiger partial charge on any atom is -0.473 e. The molecule has 0 aliphatic carbocycles. The van der Waals surface area contributed by atoms with Crippen molar-refractivity contribution in [2.75, 3.05) is 52.4 Å². The topological polar surface area (TPSA) is 189 Å². The molecule has 0 saturated carbocycles. The number of aliphatic carboxylic acids is 2. The first-order valence-corrected chi connectivity index (χ1v) is 19.4. The van der Waals surface area contributed by atoms with Gasteiger partial charge >= 0.3 is 11.9 Å². The number of aromatic nitrogens is 4. The number of para-hydroxylation sites is 2. The van der Waals surface area contributed by atoms with E-state index in [9.17, 15) is 9.59 Å². The zero-order valence-electron chi connectivity index (χ0n) is 33.5. The molecule has 2 saturated heterocycles. The number of nitrogens with zero attached hydrogens (tertiary/aromatic N) is 8. The average molecular weight is 805 g/mol. The molecular formula is C44H52N8O7. The molecule has 2 aliphatic rings. The number of hydrogen-bond donors (Lipinski definition) is 2. The molecule has 2 aliphatic heterocycles. The lowest BCUT2D eigenvalue weighted by atomic mass is 10.2. The number of rotatable bonds is 8. The third-order valence-electron chi connectivity index (χ3n) is 10.6. The lowest BCUT2D eigenvalue weighted by Gasteiger charge is -2.34. The van der Waals surface area contributed by atoms with Crippen LogP contribution in [-0.4, -0.2) is 119 Å². The molecule has 0 spiro atoms. The second-order valence-corrected chi connectivity index (χ2v) is 14.5. The van der Waals surface area contributed by atoms with Crippen molar-refractivity contribution in [2.45, 2.75) is 26.2 Å². The molecule has 0 bridgehead atoms. The Bertz CT molecular complexity index is 2260. The van der Waals surface area contributed by atoms with Crippen LogP contribution in [0.5, 0.6) is 0 Å². The van der Waals surface area contributed by atoms with E-state index in [1.807, 2.05) is 71.8 Å². The summed E-state index contributed by atoms with van der Waals surface area (Å²) in [5, 5.41) is 16.2. The van der Waals surface area contributed by atoms with E-state index in [1.54, 1.807) is 0 Å². The molecule has 59 heavy (non-hydrogen) atoms. The highest BCUT2D eigenvalue weighted by molar-refractivity contribution is 6.27. The van der Waals surface area contributed by atoms with Crippen molar-refractivity contribution < 1.29 is 25.3 Å². The zero-order valence-corrected chi connectivity index (χ0v) is 33.5. The number of carboxylic acid groups (broad SMARTS) is 2. The molecule has 4 N–H and O–H groups in total. The summed E-state index contributed by atoms with van der Waals surface area (Å²) in [6.45, 7) is 11.6. The van der Waals surface area contributed by atoms with Crippen molar-refractivity contribution in [3.05, 3.63) is 153 Å². The Labute approximate surface area is 342 Å². The van der Waals surface area contributed by atoms with Crippen molar-refractivity contribution in [2.24, 2.45) is 14.1 Å². The Kier molecular flexibility index (Phi) is 15.7. The second kappa shape index (κ2) is 21.1. The molecule has 0 amide bonds. The van der Waals surface area contributed by atoms with Crippen LogP contribution >= 0.6 is 0 Å². The molecule has 2 aromatic heterocycles. The number of hydrogen-bond acceptors (Lipinski definition) is 10. The quantitative estimate of drug-likeness (QED) is 0.215. The van der Waals surface area contributed by atoms with Gasteiger partial charge < -0.3 is 24.8 Å². The summed E-state index contributed by atoms with van der Waals surface area (Å²) in [5.74, 6) is -1.97. The molecule has 2 fully saturated rings. The van der Waals surface area contributed by atoms with E-state index in [1.165, 1.54) is 11.1 Å². The lowest BCUT2D eigenvalue weighted by Crippen LogP contribution is -2.46. The standard InChI is InChI=1S/2C21H24N4O.C2H2O4.H2O/c2*1-23-19-10-6-5-9-18(19)21(26)22-20(23)16-25-13-11-24(12-14-25)15-17-7-3-2-4-8-17;3-1(4)2(5)6;/h2*2-10H,11-16H2,1H3;(H,3,4)(H,5,6);1H2. The molecule has 15 nitrogen and oxygen atoms in total. The minimum atomic E-state index is -1.82. The van der Waals surface area contributed by atoms with Gasteiger partial charge in [0.2, 0.25) is 0 Å². The summed E-state index contributed by atoms with van der Waals surface area (Å²) in [6, 6.07) is 36.6. The van der Waals surface area contributed by atoms with E-state index in [0.717, 1.165) is 101 Å². The third kappa shape index (κ3) is 12.0. The van der Waals surface area contributed by atoms with Gasteiger partial charge in [0.05, 0.1) is 34.9 Å². The molecule has 0 radical (unpaired) electrons. The van der Waals surface area contributed by atoms with Crippen molar-refractivity contribution >= 4 is 33.7 Å². The predicted octanol–water partition coefficient (Wildman–Crippen LogP) is 2.83. The fraction of sp³-hybridized carbons (Fsp3) is 0.318. The summed E-state index contributed by atoms with van der Waals surface area (Å²) in [7, 11) is 3.99. The zero-order chi connectivity index (χ0) is 41.0. The maximum Gasteiger partial charge on any atom is 0.414 e. The van der Waals surface area contributed by atoms with Gasteiger partial charge in [0.15, 0.2) is 0 Å². The Hall–Kier alpha value is -6.10. The fourth-order valence-electron chi connectivity index (χ4n) is 7.25. The van der Waals surface area contributed by atoms with Crippen LogP contribution in [0.25, 0.3) is 21.8 Å². The van der Waals surface area contributed by atoms with Gasteiger partial charge in [-0.3, -0.25) is 29.2 Å². The molecule has 4 aromatic carbocycles. The SMILES string of the molecule is Cn1c(CN2CCN(Cc3ccccc3)CC2)nc(=O)c2ccccc21.Cn1c(CN2CCN(Cc3ccccc3)CC2)nc(=O)c2ccccc21.O.O=C(O)C(=O)O. The van der Waals surface area contributed by atoms with Gasteiger partial charge in [-0.2, -0.15) is 9.97 Å². The van der Waals surface area contributed by atoms with Crippen LogP contribution in [0.1, 0.15) is 22.8 Å². The minimum absolute atomic E-state index is 0. The van der Waals surface area contributed by atoms with Crippen molar-refractivity contribution in [1.29, 1.82) is 0 Å². The van der Waals surface area contributed by atoms with Crippen LogP contribution in [0.3, 0.4) is 0 Å². The number of carbonyl (C=O) groups is 2. The monoisotopic (exact) mass is 804 g/mol. The Morgan fingerprint density at radius 3 is 1.08 bits per heavy atom. The number of benzene rings is 4. The van der Waals surface area contributed by atoms with Crippen LogP contribution in [0.15, 0.2) is 119 Å². The smallest absolute Gasteiger partial charge is 0.414 e. The molecule has 0 atom stereocenters. The van der Waals surface area contributed by atoms with Gasteiger partial charge in [-0.05, 0) is 35.4 Å². The normalized spacial score (nSPS) is 15.0. The summed E-state index contributed by atoms with van der Waals surface area (Å²) in [6.07, 6.45) is 0. The number of fused-ring (bicyclic) bond motifs is 2. The number of piperazine rings is 2. The van der Waals surface area contributed by atoms with Crippen molar-refractivity contribution in [3.8, 4) is 0 Å². The number of carboxylic acids is 2. The van der Waals surface area contributed by atoms with E-state index in [0.29, 0.717) is 10.8 Å².